The van der Waals surface area contributed by atoms with Crippen molar-refractivity contribution in [3.8, 4) is 11.2 Å². The minimum atomic E-state index is -4.43. The van der Waals surface area contributed by atoms with Gasteiger partial charge in [0.05, 0.1) is 11.3 Å². The van der Waals surface area contributed by atoms with Gasteiger partial charge in [-0.15, -0.1) is 0 Å². The lowest BCUT2D eigenvalue weighted by Gasteiger charge is -2.02. The van der Waals surface area contributed by atoms with Gasteiger partial charge in [-0.05, 0) is 27.0 Å². The number of aryl methyl sites for hydroxylation is 1. The van der Waals surface area contributed by atoms with Gasteiger partial charge in [0.1, 0.15) is 0 Å². The molecule has 0 radical (unpaired) electrons. The molecule has 0 unspecified atom stereocenters. The largest absolute Gasteiger partial charge is 0.434 e. The van der Waals surface area contributed by atoms with Crippen molar-refractivity contribution in [1.82, 2.24) is 10.2 Å². The van der Waals surface area contributed by atoms with Crippen molar-refractivity contribution in [2.75, 3.05) is 0 Å². The molecule has 76 valence electrons. The molecule has 0 spiro atoms. The Labute approximate surface area is 94.6 Å². The lowest BCUT2D eigenvalue weighted by atomic mass is 10.2. The molecule has 0 atom stereocenters. The highest BCUT2D eigenvalue weighted by atomic mass is 127. The summed E-state index contributed by atoms with van der Waals surface area (Å²) in [5.74, 6) is 2.41. The Kier molecular flexibility index (Phi) is 3.71. The van der Waals surface area contributed by atoms with E-state index in [-0.39, 0.29) is 11.3 Å². The molecule has 0 fully saturated rings. The van der Waals surface area contributed by atoms with Crippen LogP contribution in [0.2, 0.25) is 0 Å². The molecule has 0 bridgehead atoms. The maximum atomic E-state index is 12.3. The second-order valence-corrected chi connectivity index (χ2v) is 4.04. The van der Waals surface area contributed by atoms with Crippen molar-refractivity contribution in [2.45, 2.75) is 13.1 Å². The van der Waals surface area contributed by atoms with Gasteiger partial charge in [-0.1, -0.05) is 0 Å². The van der Waals surface area contributed by atoms with Crippen LogP contribution in [0.25, 0.3) is 0 Å². The third-order valence-electron chi connectivity index (χ3n) is 1.45. The Hall–Kier alpha value is -0.360. The van der Waals surface area contributed by atoms with Gasteiger partial charge in [-0.2, -0.15) is 18.3 Å². The van der Waals surface area contributed by atoms with E-state index in [1.807, 2.05) is 26.3 Å². The van der Waals surface area contributed by atoms with Gasteiger partial charge in [-0.25, -0.2) is 0 Å². The average molecular weight is 332 g/mol. The predicted molar refractivity (Wildman–Crippen MR) is 56.8 cm³/mol. The zero-order valence-electron chi connectivity index (χ0n) is 6.87. The van der Waals surface area contributed by atoms with Crippen LogP contribution in [0.15, 0.2) is 0 Å². The lowest BCUT2D eigenvalue weighted by molar-refractivity contribution is -0.141. The first-order valence-electron chi connectivity index (χ1n) is 3.37. The molecule has 0 amide bonds. The van der Waals surface area contributed by atoms with Crippen molar-refractivity contribution >= 4 is 30.1 Å². The van der Waals surface area contributed by atoms with Gasteiger partial charge in [0.25, 0.3) is 0 Å². The number of rotatable bonds is 0. The number of aromatic amines is 1. The molecular weight excluding hydrogens is 328 g/mol. The van der Waals surface area contributed by atoms with Crippen LogP contribution in [0.5, 0.6) is 0 Å². The van der Waals surface area contributed by atoms with Crippen LogP contribution < -0.4 is 0 Å². The van der Waals surface area contributed by atoms with Crippen molar-refractivity contribution in [2.24, 2.45) is 0 Å². The molecule has 1 rings (SSSR count). The van der Waals surface area contributed by atoms with Gasteiger partial charge in [0.2, 0.25) is 0 Å². The highest BCUT2D eigenvalue weighted by Gasteiger charge is 2.36. The summed E-state index contributed by atoms with van der Waals surface area (Å²) in [6.45, 7) is 1.48. The van der Waals surface area contributed by atoms with Crippen LogP contribution in [0.3, 0.4) is 0 Å². The first-order chi connectivity index (χ1) is 6.46. The van der Waals surface area contributed by atoms with Crippen LogP contribution in [0.1, 0.15) is 17.0 Å². The molecule has 0 aliphatic heterocycles. The minimum absolute atomic E-state index is 0.0818. The van der Waals surface area contributed by atoms with E-state index in [0.717, 1.165) is 8.93 Å². The Morgan fingerprint density at radius 2 is 2.14 bits per heavy atom. The number of hydrogen-bond acceptors (Lipinski definition) is 2. The molecule has 0 aromatic carbocycles. The Bertz CT molecular complexity index is 388. The molecule has 1 N–H and O–H groups in total. The average Bonchev–Trinajstić information content (AvgIpc) is 2.42. The quantitative estimate of drug-likeness (QED) is 0.584. The summed E-state index contributed by atoms with van der Waals surface area (Å²) in [4.78, 5) is 0. The summed E-state index contributed by atoms with van der Waals surface area (Å²) < 4.78 is 37.0. The summed E-state index contributed by atoms with van der Waals surface area (Å²) in [6, 6.07) is 0. The van der Waals surface area contributed by atoms with E-state index in [0.29, 0.717) is 0 Å². The van der Waals surface area contributed by atoms with Crippen molar-refractivity contribution in [1.29, 1.82) is 0 Å². The topological polar surface area (TPSA) is 28.7 Å². The van der Waals surface area contributed by atoms with E-state index in [4.69, 9.17) is 0 Å². The van der Waals surface area contributed by atoms with Crippen LogP contribution in [-0.2, 0) is 6.18 Å². The molecule has 0 saturated heterocycles. The summed E-state index contributed by atoms with van der Waals surface area (Å²) >= 11 is 1.89. The molecule has 0 aliphatic rings. The summed E-state index contributed by atoms with van der Waals surface area (Å²) in [7, 11) is 1.13. The summed E-state index contributed by atoms with van der Waals surface area (Å²) in [5.41, 5.74) is -0.704. The number of nitrogens with one attached hydrogen (secondary N) is 1. The summed E-state index contributed by atoms with van der Waals surface area (Å²) in [6.07, 6.45) is -4.43. The molecule has 1 aromatic heterocycles. The Morgan fingerprint density at radius 3 is 2.64 bits per heavy atom. The zero-order chi connectivity index (χ0) is 10.8. The van der Waals surface area contributed by atoms with Crippen molar-refractivity contribution in [3.63, 3.8) is 0 Å². The molecular formula is C7H4F3IN2S. The highest BCUT2D eigenvalue weighted by molar-refractivity contribution is 14.2. The van der Waals surface area contributed by atoms with E-state index in [1.165, 1.54) is 6.92 Å². The fourth-order valence-corrected chi connectivity index (χ4v) is 1.33. The number of nitrogens with zero attached hydrogens (tertiary/aromatic N) is 1. The first kappa shape index (κ1) is 11.7. The van der Waals surface area contributed by atoms with Crippen LogP contribution in [0, 0.1) is 18.1 Å². The van der Waals surface area contributed by atoms with Crippen LogP contribution in [0.4, 0.5) is 13.2 Å². The second kappa shape index (κ2) is 4.44. The molecule has 7 heteroatoms. The maximum Gasteiger partial charge on any atom is 0.434 e. The SMILES string of the molecule is Cc1n[nH]c(C(F)(F)F)c1C#CSI. The second-order valence-electron chi connectivity index (χ2n) is 2.36. The number of hydrogen-bond donors (Lipinski definition) is 1. The third kappa shape index (κ3) is 2.57. The van der Waals surface area contributed by atoms with Crippen LogP contribution in [-0.4, -0.2) is 10.2 Å². The van der Waals surface area contributed by atoms with Gasteiger partial charge >= 0.3 is 6.18 Å². The first-order valence-corrected chi connectivity index (χ1v) is 6.73. The molecule has 0 saturated carbocycles. The van der Waals surface area contributed by atoms with Crippen molar-refractivity contribution in [3.05, 3.63) is 17.0 Å². The number of halogens is 4. The van der Waals surface area contributed by atoms with E-state index in [1.54, 1.807) is 0 Å². The summed E-state index contributed by atoms with van der Waals surface area (Å²) in [5, 5.41) is 7.91. The smallest absolute Gasteiger partial charge is 0.272 e. The number of alkyl halides is 3. The van der Waals surface area contributed by atoms with Gasteiger partial charge < -0.3 is 0 Å². The molecule has 2 nitrogen and oxygen atoms in total. The van der Waals surface area contributed by atoms with E-state index < -0.39 is 11.9 Å². The van der Waals surface area contributed by atoms with Gasteiger partial charge in [0.15, 0.2) is 5.69 Å². The number of aromatic nitrogens is 2. The fourth-order valence-electron chi connectivity index (χ4n) is 0.861. The molecule has 1 heterocycles. The van der Waals surface area contributed by atoms with E-state index in [2.05, 4.69) is 16.3 Å². The third-order valence-corrected chi connectivity index (χ3v) is 2.29. The Balaban J connectivity index is 3.20. The normalized spacial score (nSPS) is 10.9. The van der Waals surface area contributed by atoms with Gasteiger partial charge in [-0.3, -0.25) is 5.10 Å². The molecule has 0 aliphatic carbocycles. The standard InChI is InChI=1S/C7H4F3IN2S/c1-4-5(2-3-14-11)6(13-12-4)7(8,9)10/h1H3,(H,12,13). The fraction of sp³-hybridized carbons (Fsp3) is 0.286. The predicted octanol–water partition coefficient (Wildman–Crippen LogP) is 3.13. The molecule has 1 aromatic rings. The minimum Gasteiger partial charge on any atom is -0.272 e. The van der Waals surface area contributed by atoms with E-state index in [9.17, 15) is 13.2 Å². The maximum absolute atomic E-state index is 12.3. The highest BCUT2D eigenvalue weighted by Crippen LogP contribution is 2.31. The number of H-pyrrole nitrogens is 1. The van der Waals surface area contributed by atoms with E-state index >= 15 is 0 Å². The van der Waals surface area contributed by atoms with Crippen molar-refractivity contribution < 1.29 is 13.2 Å². The Morgan fingerprint density at radius 1 is 1.50 bits per heavy atom. The molecule has 14 heavy (non-hydrogen) atoms. The lowest BCUT2D eigenvalue weighted by Crippen LogP contribution is -2.07. The van der Waals surface area contributed by atoms with Crippen LogP contribution >= 0.6 is 30.1 Å². The zero-order valence-corrected chi connectivity index (χ0v) is 9.84. The van der Waals surface area contributed by atoms with Gasteiger partial charge in [0, 0.05) is 21.2 Å². The monoisotopic (exact) mass is 332 g/mol.